The second-order valence-corrected chi connectivity index (χ2v) is 6.17. The van der Waals surface area contributed by atoms with E-state index in [2.05, 4.69) is 20.7 Å². The first-order valence-corrected chi connectivity index (χ1v) is 8.38. The molecule has 25 heavy (non-hydrogen) atoms. The number of carbonyl (C=O) groups excluding carboxylic acids is 1. The van der Waals surface area contributed by atoms with Crippen LogP contribution in [0.3, 0.4) is 0 Å². The fraction of sp³-hybridized carbons (Fsp3) is 0.333. The van der Waals surface area contributed by atoms with Crippen LogP contribution in [0, 0.1) is 0 Å². The number of hydrogen-bond acceptors (Lipinski definition) is 6. The van der Waals surface area contributed by atoms with Crippen LogP contribution in [-0.2, 0) is 6.42 Å². The van der Waals surface area contributed by atoms with Crippen molar-refractivity contribution in [2.75, 3.05) is 0 Å². The zero-order valence-corrected chi connectivity index (χ0v) is 13.8. The highest BCUT2D eigenvalue weighted by atomic mass is 16.5. The number of aryl methyl sites for hydroxylation is 1. The summed E-state index contributed by atoms with van der Waals surface area (Å²) in [6.07, 6.45) is 2.32. The summed E-state index contributed by atoms with van der Waals surface area (Å²) >= 11 is 0. The summed E-state index contributed by atoms with van der Waals surface area (Å²) in [5.74, 6) is 1.88. The Kier molecular flexibility index (Phi) is 4.05. The van der Waals surface area contributed by atoms with Crippen LogP contribution in [0.1, 0.15) is 48.0 Å². The van der Waals surface area contributed by atoms with E-state index < -0.39 is 0 Å². The molecule has 4 rings (SSSR count). The molecule has 0 bridgehead atoms. The average Bonchev–Trinajstić information content (AvgIpc) is 3.27. The summed E-state index contributed by atoms with van der Waals surface area (Å²) in [4.78, 5) is 12.3. The van der Waals surface area contributed by atoms with E-state index in [4.69, 9.17) is 8.94 Å². The van der Waals surface area contributed by atoms with Gasteiger partial charge in [-0.15, -0.1) is 10.2 Å². The molecule has 3 aromatic rings. The highest BCUT2D eigenvalue weighted by Gasteiger charge is 2.35. The number of carbonyl (C=O) groups is 1. The Morgan fingerprint density at radius 1 is 1.24 bits per heavy atom. The third kappa shape index (κ3) is 3.17. The van der Waals surface area contributed by atoms with Crippen molar-refractivity contribution in [2.45, 2.75) is 38.1 Å². The van der Waals surface area contributed by atoms with Crippen LogP contribution in [-0.4, -0.2) is 27.3 Å². The number of benzene rings is 1. The molecule has 128 valence electrons. The first-order chi connectivity index (χ1) is 12.2. The van der Waals surface area contributed by atoms with Gasteiger partial charge in [-0.2, -0.15) is 0 Å². The maximum atomic E-state index is 12.3. The van der Waals surface area contributed by atoms with E-state index in [9.17, 15) is 4.79 Å². The molecule has 0 aliphatic heterocycles. The van der Waals surface area contributed by atoms with Crippen molar-refractivity contribution in [2.24, 2.45) is 0 Å². The minimum Gasteiger partial charge on any atom is -0.425 e. The molecule has 7 nitrogen and oxygen atoms in total. The number of nitrogens with one attached hydrogen (secondary N) is 1. The van der Waals surface area contributed by atoms with Crippen molar-refractivity contribution in [3.8, 4) is 11.3 Å². The van der Waals surface area contributed by atoms with Gasteiger partial charge in [-0.1, -0.05) is 42.4 Å². The predicted molar refractivity (Wildman–Crippen MR) is 88.8 cm³/mol. The van der Waals surface area contributed by atoms with E-state index in [0.717, 1.165) is 24.8 Å². The second kappa shape index (κ2) is 6.51. The molecule has 0 radical (unpaired) electrons. The maximum absolute atomic E-state index is 12.3. The monoisotopic (exact) mass is 338 g/mol. The van der Waals surface area contributed by atoms with E-state index >= 15 is 0 Å². The van der Waals surface area contributed by atoms with E-state index in [1.54, 1.807) is 6.07 Å². The largest absolute Gasteiger partial charge is 0.425 e. The quantitative estimate of drug-likeness (QED) is 0.768. The van der Waals surface area contributed by atoms with Gasteiger partial charge >= 0.3 is 0 Å². The number of amides is 1. The van der Waals surface area contributed by atoms with Crippen LogP contribution in [0.25, 0.3) is 11.3 Å². The van der Waals surface area contributed by atoms with Gasteiger partial charge in [0.25, 0.3) is 5.91 Å². The first kappa shape index (κ1) is 15.6. The minimum absolute atomic E-state index is 0.0892. The standard InChI is InChI=1S/C18H18N4O3/c1-2-16-20-21-18(24-16)12-8-13(9-12)19-17(23)14-10-15(25-22-14)11-6-4-3-5-7-11/h3-7,10,12-13H,2,8-9H2,1H3,(H,19,23)/t12-,13-. The molecular formula is C18H18N4O3. The highest BCUT2D eigenvalue weighted by Crippen LogP contribution is 2.36. The molecule has 1 N–H and O–H groups in total. The van der Waals surface area contributed by atoms with Crippen LogP contribution in [0.2, 0.25) is 0 Å². The third-order valence-corrected chi connectivity index (χ3v) is 4.41. The van der Waals surface area contributed by atoms with Crippen molar-refractivity contribution in [1.82, 2.24) is 20.7 Å². The Morgan fingerprint density at radius 2 is 2.04 bits per heavy atom. The van der Waals surface area contributed by atoms with Gasteiger partial charge in [0.15, 0.2) is 11.5 Å². The Bertz CT molecular complexity index is 865. The molecule has 2 heterocycles. The summed E-state index contributed by atoms with van der Waals surface area (Å²) in [6.45, 7) is 1.97. The van der Waals surface area contributed by atoms with E-state index in [-0.39, 0.29) is 23.6 Å². The normalized spacial score (nSPS) is 19.4. The molecule has 0 atom stereocenters. The summed E-state index contributed by atoms with van der Waals surface area (Å²) in [7, 11) is 0. The molecule has 1 amide bonds. The van der Waals surface area contributed by atoms with Crippen LogP contribution >= 0.6 is 0 Å². The molecule has 1 saturated carbocycles. The lowest BCUT2D eigenvalue weighted by atomic mass is 9.80. The molecule has 7 heteroatoms. The van der Waals surface area contributed by atoms with Gasteiger partial charge in [-0.25, -0.2) is 0 Å². The summed E-state index contributed by atoms with van der Waals surface area (Å²) < 4.78 is 10.8. The maximum Gasteiger partial charge on any atom is 0.273 e. The molecular weight excluding hydrogens is 320 g/mol. The Labute approximate surface area is 144 Å². The number of hydrogen-bond donors (Lipinski definition) is 1. The van der Waals surface area contributed by atoms with Gasteiger partial charge in [0.05, 0.1) is 0 Å². The predicted octanol–water partition coefficient (Wildman–Crippen LogP) is 2.96. The topological polar surface area (TPSA) is 94.1 Å². The van der Waals surface area contributed by atoms with Gasteiger partial charge in [0.1, 0.15) is 0 Å². The SMILES string of the molecule is CCc1nnc([C@H]2C[C@H](NC(=O)c3cc(-c4ccccc4)on3)C2)o1. The number of nitrogens with zero attached hydrogens (tertiary/aromatic N) is 3. The second-order valence-electron chi connectivity index (χ2n) is 6.17. The average molecular weight is 338 g/mol. The number of aromatic nitrogens is 3. The lowest BCUT2D eigenvalue weighted by molar-refractivity contribution is 0.0894. The van der Waals surface area contributed by atoms with Crippen molar-refractivity contribution >= 4 is 5.91 Å². The lowest BCUT2D eigenvalue weighted by Crippen LogP contribution is -2.43. The zero-order valence-electron chi connectivity index (χ0n) is 13.8. The highest BCUT2D eigenvalue weighted by molar-refractivity contribution is 5.93. The van der Waals surface area contributed by atoms with Crippen LogP contribution in [0.5, 0.6) is 0 Å². The number of rotatable bonds is 5. The van der Waals surface area contributed by atoms with Crippen LogP contribution < -0.4 is 5.32 Å². The summed E-state index contributed by atoms with van der Waals surface area (Å²) in [5, 5.41) is 14.9. The summed E-state index contributed by atoms with van der Waals surface area (Å²) in [6, 6.07) is 11.3. The first-order valence-electron chi connectivity index (χ1n) is 8.38. The molecule has 1 aromatic carbocycles. The molecule has 2 aromatic heterocycles. The van der Waals surface area contributed by atoms with Gasteiger partial charge in [0, 0.05) is 30.0 Å². The minimum atomic E-state index is -0.228. The van der Waals surface area contributed by atoms with Crippen molar-refractivity contribution in [3.05, 3.63) is 53.9 Å². The van der Waals surface area contributed by atoms with E-state index in [0.29, 0.717) is 17.5 Å². The molecule has 0 spiro atoms. The summed E-state index contributed by atoms with van der Waals surface area (Å²) in [5.41, 5.74) is 1.18. The smallest absolute Gasteiger partial charge is 0.273 e. The van der Waals surface area contributed by atoms with Crippen LogP contribution in [0.15, 0.2) is 45.3 Å². The van der Waals surface area contributed by atoms with Crippen LogP contribution in [0.4, 0.5) is 0 Å². The van der Waals surface area contributed by atoms with Gasteiger partial charge in [0.2, 0.25) is 11.8 Å². The molecule has 0 unspecified atom stereocenters. The van der Waals surface area contributed by atoms with E-state index in [1.807, 2.05) is 37.3 Å². The fourth-order valence-electron chi connectivity index (χ4n) is 2.89. The van der Waals surface area contributed by atoms with Gasteiger partial charge in [-0.3, -0.25) is 4.79 Å². The lowest BCUT2D eigenvalue weighted by Gasteiger charge is -2.33. The molecule has 1 aliphatic rings. The molecule has 0 saturated heterocycles. The third-order valence-electron chi connectivity index (χ3n) is 4.41. The Hall–Kier alpha value is -2.96. The zero-order chi connectivity index (χ0) is 17.2. The van der Waals surface area contributed by atoms with Gasteiger partial charge < -0.3 is 14.3 Å². The Morgan fingerprint density at radius 3 is 2.76 bits per heavy atom. The van der Waals surface area contributed by atoms with Gasteiger partial charge in [-0.05, 0) is 12.8 Å². The molecule has 1 aliphatic carbocycles. The fourth-order valence-corrected chi connectivity index (χ4v) is 2.89. The van der Waals surface area contributed by atoms with Crippen molar-refractivity contribution in [3.63, 3.8) is 0 Å². The molecule has 1 fully saturated rings. The van der Waals surface area contributed by atoms with Crippen molar-refractivity contribution < 1.29 is 13.7 Å². The van der Waals surface area contributed by atoms with E-state index in [1.165, 1.54) is 0 Å². The Balaban J connectivity index is 1.34. The van der Waals surface area contributed by atoms with Crippen molar-refractivity contribution in [1.29, 1.82) is 0 Å².